The van der Waals surface area contributed by atoms with E-state index in [1.54, 1.807) is 28.7 Å². The molecule has 0 N–H and O–H groups in total. The molecule has 0 saturated carbocycles. The van der Waals surface area contributed by atoms with Crippen LogP contribution in [0, 0.1) is 11.3 Å². The van der Waals surface area contributed by atoms with Gasteiger partial charge < -0.3 is 0 Å². The molecule has 3 nitrogen and oxygen atoms in total. The van der Waals surface area contributed by atoms with Crippen LogP contribution in [0.4, 0.5) is 0 Å². The number of nitrogens with zero attached hydrogens (tertiary/aromatic N) is 2. The van der Waals surface area contributed by atoms with Gasteiger partial charge in [-0.15, -0.1) is 22.7 Å². The van der Waals surface area contributed by atoms with Crippen LogP contribution in [0.25, 0.3) is 12.2 Å². The van der Waals surface area contributed by atoms with Crippen molar-refractivity contribution in [3.05, 3.63) is 55.3 Å². The van der Waals surface area contributed by atoms with E-state index in [2.05, 4.69) is 11.1 Å². The van der Waals surface area contributed by atoms with Crippen molar-refractivity contribution in [3.63, 3.8) is 0 Å². The van der Waals surface area contributed by atoms with Crippen molar-refractivity contribution in [2.24, 2.45) is 4.99 Å². The van der Waals surface area contributed by atoms with Crippen LogP contribution in [-0.2, 0) is 4.79 Å². The first-order valence-corrected chi connectivity index (χ1v) is 8.55. The maximum absolute atomic E-state index is 11.9. The molecule has 0 unspecified atom stereocenters. The third-order valence-corrected chi connectivity index (χ3v) is 5.27. The molecule has 0 spiro atoms. The van der Waals surface area contributed by atoms with E-state index in [1.165, 1.54) is 11.8 Å². The summed E-state index contributed by atoms with van der Waals surface area (Å²) in [7, 11) is 0. The lowest BCUT2D eigenvalue weighted by Gasteiger charge is -1.95. The van der Waals surface area contributed by atoms with Gasteiger partial charge in [-0.05, 0) is 35.0 Å². The molecular weight excluding hydrogens is 320 g/mol. The first-order valence-electron chi connectivity index (χ1n) is 5.98. The maximum atomic E-state index is 11.9. The summed E-state index contributed by atoms with van der Waals surface area (Å²) in [4.78, 5) is 18.4. The molecule has 0 saturated heterocycles. The summed E-state index contributed by atoms with van der Waals surface area (Å²) < 4.78 is 0. The minimum Gasteiger partial charge on any atom is -0.266 e. The molecule has 0 atom stereocenters. The molecule has 1 aliphatic rings. The SMILES string of the molecule is N#CC(=Cc1cccs1)C1=NC(=O)C(=Cc2cccs2)S1. The molecule has 0 radical (unpaired) electrons. The van der Waals surface area contributed by atoms with Gasteiger partial charge in [-0.2, -0.15) is 5.26 Å². The van der Waals surface area contributed by atoms with Crippen molar-refractivity contribution in [2.75, 3.05) is 0 Å². The number of thioether (sulfide) groups is 1. The van der Waals surface area contributed by atoms with Crippen LogP contribution in [0.1, 0.15) is 9.75 Å². The molecule has 3 heterocycles. The van der Waals surface area contributed by atoms with E-state index < -0.39 is 0 Å². The predicted octanol–water partition coefficient (Wildman–Crippen LogP) is 4.43. The second-order valence-electron chi connectivity index (χ2n) is 4.03. The van der Waals surface area contributed by atoms with Crippen molar-refractivity contribution >= 4 is 57.5 Å². The average molecular weight is 328 g/mol. The van der Waals surface area contributed by atoms with Crippen molar-refractivity contribution in [1.82, 2.24) is 0 Å². The van der Waals surface area contributed by atoms with Crippen LogP contribution in [-0.4, -0.2) is 11.0 Å². The van der Waals surface area contributed by atoms with Gasteiger partial charge in [0.25, 0.3) is 5.91 Å². The van der Waals surface area contributed by atoms with Crippen LogP contribution in [0.15, 0.2) is 50.5 Å². The second-order valence-corrected chi connectivity index (χ2v) is 7.02. The number of hydrogen-bond donors (Lipinski definition) is 0. The number of carbonyl (C=O) groups is 1. The smallest absolute Gasteiger partial charge is 0.266 e. The molecule has 2 aromatic heterocycles. The molecule has 102 valence electrons. The highest BCUT2D eigenvalue weighted by molar-refractivity contribution is 8.19. The van der Waals surface area contributed by atoms with Crippen LogP contribution in [0.5, 0.6) is 0 Å². The summed E-state index contributed by atoms with van der Waals surface area (Å²) >= 11 is 4.35. The van der Waals surface area contributed by atoms with Crippen molar-refractivity contribution in [2.45, 2.75) is 0 Å². The van der Waals surface area contributed by atoms with Crippen molar-refractivity contribution in [3.8, 4) is 6.07 Å². The van der Waals surface area contributed by atoms with Gasteiger partial charge in [0.05, 0.1) is 10.5 Å². The normalized spacial score (nSPS) is 17.1. The Morgan fingerprint density at radius 2 is 1.90 bits per heavy atom. The average Bonchev–Trinajstić information content (AvgIpc) is 3.20. The quantitative estimate of drug-likeness (QED) is 0.618. The molecule has 0 bridgehead atoms. The zero-order chi connectivity index (χ0) is 14.7. The van der Waals surface area contributed by atoms with Gasteiger partial charge in [0.15, 0.2) is 0 Å². The summed E-state index contributed by atoms with van der Waals surface area (Å²) in [6.07, 6.45) is 3.58. The molecule has 0 aliphatic carbocycles. The van der Waals surface area contributed by atoms with Gasteiger partial charge in [0.1, 0.15) is 11.1 Å². The van der Waals surface area contributed by atoms with E-state index in [-0.39, 0.29) is 5.91 Å². The zero-order valence-corrected chi connectivity index (χ0v) is 13.1. The van der Waals surface area contributed by atoms with Crippen LogP contribution in [0.3, 0.4) is 0 Å². The van der Waals surface area contributed by atoms with E-state index in [4.69, 9.17) is 0 Å². The maximum Gasteiger partial charge on any atom is 0.284 e. The highest BCUT2D eigenvalue weighted by atomic mass is 32.2. The van der Waals surface area contributed by atoms with Gasteiger partial charge in [-0.1, -0.05) is 23.9 Å². The summed E-state index contributed by atoms with van der Waals surface area (Å²) in [5.41, 5.74) is 0.422. The Labute approximate surface area is 134 Å². The topological polar surface area (TPSA) is 53.2 Å². The molecule has 0 fully saturated rings. The first kappa shape index (κ1) is 14.0. The fourth-order valence-corrected chi connectivity index (χ4v) is 3.94. The van der Waals surface area contributed by atoms with Crippen LogP contribution < -0.4 is 0 Å². The minimum atomic E-state index is -0.282. The third kappa shape index (κ3) is 3.22. The van der Waals surface area contributed by atoms with Crippen LogP contribution in [0.2, 0.25) is 0 Å². The van der Waals surface area contributed by atoms with Gasteiger partial charge in [0.2, 0.25) is 0 Å². The number of carbonyl (C=O) groups excluding carboxylic acids is 1. The van der Waals surface area contributed by atoms with Gasteiger partial charge in [-0.25, -0.2) is 4.99 Å². The largest absolute Gasteiger partial charge is 0.284 e. The lowest BCUT2D eigenvalue weighted by molar-refractivity contribution is -0.113. The third-order valence-electron chi connectivity index (χ3n) is 2.62. The van der Waals surface area contributed by atoms with Gasteiger partial charge >= 0.3 is 0 Å². The molecule has 1 amide bonds. The molecule has 0 aromatic carbocycles. The number of amides is 1. The van der Waals surface area contributed by atoms with E-state index in [0.717, 1.165) is 9.75 Å². The fraction of sp³-hybridized carbons (Fsp3) is 0. The van der Waals surface area contributed by atoms with E-state index >= 15 is 0 Å². The first-order chi connectivity index (χ1) is 10.3. The molecular formula is C15H8N2OS3. The predicted molar refractivity (Wildman–Crippen MR) is 90.2 cm³/mol. The Kier molecular flexibility index (Phi) is 4.15. The number of nitriles is 1. The standard InChI is InChI=1S/C15H8N2OS3/c16-9-10(7-11-3-1-5-19-11)15-17-14(18)13(21-15)8-12-4-2-6-20-12/h1-8H. The monoisotopic (exact) mass is 328 g/mol. The zero-order valence-electron chi connectivity index (χ0n) is 10.6. The Hall–Kier alpha value is -1.94. The van der Waals surface area contributed by atoms with Crippen molar-refractivity contribution in [1.29, 1.82) is 5.26 Å². The molecule has 2 aromatic rings. The highest BCUT2D eigenvalue weighted by Gasteiger charge is 2.24. The number of hydrogen-bond acceptors (Lipinski definition) is 5. The van der Waals surface area contributed by atoms with Crippen LogP contribution >= 0.6 is 34.4 Å². The Morgan fingerprint density at radius 1 is 1.19 bits per heavy atom. The number of rotatable bonds is 3. The summed E-state index contributed by atoms with van der Waals surface area (Å²) in [5.74, 6) is -0.282. The minimum absolute atomic E-state index is 0.282. The number of thiophene rings is 2. The Balaban J connectivity index is 1.86. The van der Waals surface area contributed by atoms with Crippen molar-refractivity contribution < 1.29 is 4.79 Å². The Morgan fingerprint density at radius 3 is 2.52 bits per heavy atom. The second kappa shape index (κ2) is 6.22. The Bertz CT molecular complexity index is 791. The van der Waals surface area contributed by atoms with Gasteiger partial charge in [-0.3, -0.25) is 4.79 Å². The van der Waals surface area contributed by atoms with Gasteiger partial charge in [0, 0.05) is 9.75 Å². The summed E-state index contributed by atoms with van der Waals surface area (Å²) in [5, 5.41) is 13.6. The van der Waals surface area contributed by atoms with E-state index in [9.17, 15) is 10.1 Å². The number of aliphatic imine (C=N–C) groups is 1. The van der Waals surface area contributed by atoms with E-state index in [0.29, 0.717) is 15.5 Å². The lowest BCUT2D eigenvalue weighted by atomic mass is 10.2. The molecule has 1 aliphatic heterocycles. The molecule has 6 heteroatoms. The summed E-state index contributed by atoms with van der Waals surface area (Å²) in [6, 6.07) is 9.84. The summed E-state index contributed by atoms with van der Waals surface area (Å²) in [6.45, 7) is 0. The molecule has 21 heavy (non-hydrogen) atoms. The highest BCUT2D eigenvalue weighted by Crippen LogP contribution is 2.33. The lowest BCUT2D eigenvalue weighted by Crippen LogP contribution is -1.91. The fourth-order valence-electron chi connectivity index (χ4n) is 1.68. The molecule has 3 rings (SSSR count). The van der Waals surface area contributed by atoms with E-state index in [1.807, 2.05) is 41.1 Å².